The number of ether oxygens (including phenoxy) is 1. The lowest BCUT2D eigenvalue weighted by Gasteiger charge is -2.38. The molecule has 0 radical (unpaired) electrons. The first kappa shape index (κ1) is 18.2. The third kappa shape index (κ3) is 2.58. The number of hydrogen-bond donors (Lipinski definition) is 0. The van der Waals surface area contributed by atoms with Gasteiger partial charge in [0, 0.05) is 25.9 Å². The number of rotatable bonds is 2. The molecule has 3 aliphatic heterocycles. The highest BCUT2D eigenvalue weighted by molar-refractivity contribution is 6.33. The van der Waals surface area contributed by atoms with Gasteiger partial charge in [-0.2, -0.15) is 9.61 Å². The summed E-state index contributed by atoms with van der Waals surface area (Å²) < 4.78 is 8.21. The summed E-state index contributed by atoms with van der Waals surface area (Å²) in [4.78, 5) is 22.0. The van der Waals surface area contributed by atoms with Gasteiger partial charge in [0.15, 0.2) is 11.2 Å². The Balaban J connectivity index is 1.23. The number of anilines is 1. The molecule has 2 atom stereocenters. The number of piperidine rings is 1. The minimum Gasteiger partial charge on any atom is -0.356 e. The van der Waals surface area contributed by atoms with Gasteiger partial charge < -0.3 is 14.5 Å². The van der Waals surface area contributed by atoms with Crippen LogP contribution in [0.2, 0.25) is 5.02 Å². The summed E-state index contributed by atoms with van der Waals surface area (Å²) in [7, 11) is 0. The van der Waals surface area contributed by atoms with Crippen molar-refractivity contribution in [2.45, 2.75) is 43.6 Å². The van der Waals surface area contributed by atoms with Gasteiger partial charge in [0.25, 0.3) is 5.91 Å². The Morgan fingerprint density at radius 2 is 1.87 bits per heavy atom. The lowest BCUT2D eigenvalue weighted by Crippen LogP contribution is -2.50. The molecule has 1 aromatic carbocycles. The van der Waals surface area contributed by atoms with Crippen molar-refractivity contribution in [3.05, 3.63) is 59.4 Å². The number of pyridine rings is 1. The van der Waals surface area contributed by atoms with E-state index in [9.17, 15) is 4.79 Å². The number of hydrogen-bond acceptors (Lipinski definition) is 5. The lowest BCUT2D eigenvalue weighted by atomic mass is 9.89. The van der Waals surface area contributed by atoms with Crippen LogP contribution in [0.5, 0.6) is 0 Å². The van der Waals surface area contributed by atoms with Gasteiger partial charge in [0.1, 0.15) is 18.4 Å². The number of fused-ring (bicyclic) bond motifs is 2. The summed E-state index contributed by atoms with van der Waals surface area (Å²) in [6, 6.07) is 14.2. The van der Waals surface area contributed by atoms with E-state index in [1.54, 1.807) is 4.52 Å². The average Bonchev–Trinajstić information content (AvgIpc) is 3.48. The molecule has 0 N–H and O–H groups in total. The molecule has 1 spiro atoms. The zero-order chi connectivity index (χ0) is 20.3. The molecule has 2 aromatic heterocycles. The van der Waals surface area contributed by atoms with Gasteiger partial charge in [0.05, 0.1) is 11.1 Å². The van der Waals surface area contributed by atoms with Crippen molar-refractivity contribution >= 4 is 29.0 Å². The van der Waals surface area contributed by atoms with Crippen molar-refractivity contribution in [3.8, 4) is 0 Å². The molecule has 0 bridgehead atoms. The number of benzene rings is 1. The van der Waals surface area contributed by atoms with E-state index in [4.69, 9.17) is 16.3 Å². The SMILES string of the molecule is O=C1N2C(CCC2c2ccccc2)OC12CCN(c1ccc(Cl)c3ncnn13)CC2. The molecule has 5 heterocycles. The molecule has 0 saturated carbocycles. The maximum atomic E-state index is 13.5. The Morgan fingerprint density at radius 1 is 1.07 bits per heavy atom. The molecule has 3 aromatic rings. The van der Waals surface area contributed by atoms with Crippen molar-refractivity contribution < 1.29 is 9.53 Å². The second-order valence-corrected chi connectivity index (χ2v) is 8.71. The maximum Gasteiger partial charge on any atom is 0.257 e. The second-order valence-electron chi connectivity index (χ2n) is 8.31. The van der Waals surface area contributed by atoms with Gasteiger partial charge in [0.2, 0.25) is 0 Å². The van der Waals surface area contributed by atoms with E-state index in [2.05, 4.69) is 27.1 Å². The van der Waals surface area contributed by atoms with Crippen molar-refractivity contribution in [2.24, 2.45) is 0 Å². The lowest BCUT2D eigenvalue weighted by molar-refractivity contribution is -0.140. The van der Waals surface area contributed by atoms with Crippen molar-refractivity contribution in [1.82, 2.24) is 19.5 Å². The summed E-state index contributed by atoms with van der Waals surface area (Å²) >= 11 is 6.23. The molecule has 6 rings (SSSR count). The molecule has 3 fully saturated rings. The Morgan fingerprint density at radius 3 is 2.67 bits per heavy atom. The van der Waals surface area contributed by atoms with Crippen LogP contribution in [0.25, 0.3) is 5.65 Å². The van der Waals surface area contributed by atoms with Crippen LogP contribution in [-0.2, 0) is 9.53 Å². The van der Waals surface area contributed by atoms with Gasteiger partial charge >= 0.3 is 0 Å². The highest BCUT2D eigenvalue weighted by Crippen LogP contribution is 2.47. The van der Waals surface area contributed by atoms with E-state index in [0.717, 1.165) is 31.7 Å². The van der Waals surface area contributed by atoms with Gasteiger partial charge in [-0.25, -0.2) is 4.98 Å². The molecular weight excluding hydrogens is 402 g/mol. The molecule has 154 valence electrons. The van der Waals surface area contributed by atoms with Crippen LogP contribution < -0.4 is 4.90 Å². The van der Waals surface area contributed by atoms with Crippen molar-refractivity contribution in [3.63, 3.8) is 0 Å². The van der Waals surface area contributed by atoms with E-state index in [1.807, 2.05) is 35.2 Å². The zero-order valence-corrected chi connectivity index (χ0v) is 17.2. The molecule has 0 aliphatic carbocycles. The number of halogens is 1. The zero-order valence-electron chi connectivity index (χ0n) is 16.4. The van der Waals surface area contributed by atoms with Crippen LogP contribution >= 0.6 is 11.6 Å². The Kier molecular flexibility index (Phi) is 4.05. The minimum absolute atomic E-state index is 0.105. The standard InChI is InChI=1S/C22H22ClN5O2/c23-16-6-8-18(28-20(16)24-14-25-28)26-12-10-22(11-13-26)21(29)27-17(7-9-19(27)30-22)15-4-2-1-3-5-15/h1-6,8,14,17,19H,7,9-13H2. The quantitative estimate of drug-likeness (QED) is 0.631. The molecule has 3 aliphatic rings. The summed E-state index contributed by atoms with van der Waals surface area (Å²) in [5, 5.41) is 4.90. The normalized spacial score (nSPS) is 25.4. The molecule has 2 unspecified atom stereocenters. The fraction of sp³-hybridized carbons (Fsp3) is 0.409. The Hall–Kier alpha value is -2.64. The van der Waals surface area contributed by atoms with Gasteiger partial charge in [-0.05, 0) is 30.5 Å². The van der Waals surface area contributed by atoms with E-state index >= 15 is 0 Å². The van der Waals surface area contributed by atoms with Crippen molar-refractivity contribution in [2.75, 3.05) is 18.0 Å². The van der Waals surface area contributed by atoms with Crippen LogP contribution in [-0.4, -0.2) is 50.3 Å². The largest absolute Gasteiger partial charge is 0.356 e. The molecule has 3 saturated heterocycles. The summed E-state index contributed by atoms with van der Waals surface area (Å²) in [5.74, 6) is 1.09. The topological polar surface area (TPSA) is 63.0 Å². The van der Waals surface area contributed by atoms with Gasteiger partial charge in [-0.1, -0.05) is 41.9 Å². The molecular formula is C22H22ClN5O2. The number of aromatic nitrogens is 3. The van der Waals surface area contributed by atoms with E-state index in [-0.39, 0.29) is 18.2 Å². The fourth-order valence-corrected chi connectivity index (χ4v) is 5.44. The third-order valence-electron chi connectivity index (χ3n) is 6.76. The van der Waals surface area contributed by atoms with E-state index in [1.165, 1.54) is 11.9 Å². The highest BCUT2D eigenvalue weighted by atomic mass is 35.5. The van der Waals surface area contributed by atoms with E-state index in [0.29, 0.717) is 23.5 Å². The third-order valence-corrected chi connectivity index (χ3v) is 7.05. The van der Waals surface area contributed by atoms with E-state index < -0.39 is 5.60 Å². The van der Waals surface area contributed by atoms with Crippen LogP contribution in [0.4, 0.5) is 5.82 Å². The number of carbonyl (C=O) groups is 1. The number of carbonyl (C=O) groups excluding carboxylic acids is 1. The second kappa shape index (κ2) is 6.68. The van der Waals surface area contributed by atoms with Crippen molar-refractivity contribution in [1.29, 1.82) is 0 Å². The first-order valence-electron chi connectivity index (χ1n) is 10.4. The highest BCUT2D eigenvalue weighted by Gasteiger charge is 2.58. The predicted octanol–water partition coefficient (Wildman–Crippen LogP) is 3.44. The van der Waals surface area contributed by atoms with Crippen LogP contribution in [0, 0.1) is 0 Å². The van der Waals surface area contributed by atoms with Gasteiger partial charge in [-0.15, -0.1) is 0 Å². The molecule has 30 heavy (non-hydrogen) atoms. The molecule has 1 amide bonds. The molecule has 7 nitrogen and oxygen atoms in total. The van der Waals surface area contributed by atoms with Crippen LogP contribution in [0.15, 0.2) is 48.8 Å². The smallest absolute Gasteiger partial charge is 0.257 e. The Labute approximate surface area is 179 Å². The maximum absolute atomic E-state index is 13.5. The Bertz CT molecular complexity index is 1110. The van der Waals surface area contributed by atoms with Crippen LogP contribution in [0.1, 0.15) is 37.3 Å². The average molecular weight is 424 g/mol. The minimum atomic E-state index is -0.706. The summed E-state index contributed by atoms with van der Waals surface area (Å²) in [6.45, 7) is 1.44. The van der Waals surface area contributed by atoms with Crippen LogP contribution in [0.3, 0.4) is 0 Å². The fourth-order valence-electron chi connectivity index (χ4n) is 5.25. The monoisotopic (exact) mass is 423 g/mol. The number of nitrogens with zero attached hydrogens (tertiary/aromatic N) is 5. The summed E-state index contributed by atoms with van der Waals surface area (Å²) in [5.41, 5.74) is 1.14. The molecule has 8 heteroatoms. The predicted molar refractivity (Wildman–Crippen MR) is 112 cm³/mol. The summed E-state index contributed by atoms with van der Waals surface area (Å²) in [6.07, 6.45) is 4.59. The first-order valence-corrected chi connectivity index (χ1v) is 10.8. The number of amides is 1. The van der Waals surface area contributed by atoms with Gasteiger partial charge in [-0.3, -0.25) is 4.79 Å². The first-order chi connectivity index (χ1) is 14.7.